The van der Waals surface area contributed by atoms with Crippen LogP contribution < -0.4 is 0 Å². The highest BCUT2D eigenvalue weighted by atomic mass is 19.1. The van der Waals surface area contributed by atoms with Crippen LogP contribution in [-0.2, 0) is 6.54 Å². The Balaban J connectivity index is 1.51. The normalized spacial score (nSPS) is 18.1. The minimum absolute atomic E-state index is 0.179. The van der Waals surface area contributed by atoms with E-state index >= 15 is 0 Å². The van der Waals surface area contributed by atoms with Crippen LogP contribution in [0.5, 0.6) is 0 Å². The number of hydrogen-bond acceptors (Lipinski definition) is 3. The van der Waals surface area contributed by atoms with E-state index in [-0.39, 0.29) is 11.9 Å². The number of benzene rings is 2. The molecule has 0 aliphatic carbocycles. The van der Waals surface area contributed by atoms with Crippen LogP contribution in [0.4, 0.5) is 4.39 Å². The van der Waals surface area contributed by atoms with Gasteiger partial charge in [-0.3, -0.25) is 4.90 Å². The molecule has 4 heteroatoms. The van der Waals surface area contributed by atoms with Crippen molar-refractivity contribution >= 4 is 0 Å². The Morgan fingerprint density at radius 1 is 1.12 bits per heavy atom. The zero-order chi connectivity index (χ0) is 16.4. The molecule has 1 unspecified atom stereocenters. The molecule has 1 aromatic heterocycles. The number of hydrogen-bond donors (Lipinski definition) is 0. The number of aromatic nitrogens is 1. The van der Waals surface area contributed by atoms with Gasteiger partial charge in [0, 0.05) is 11.6 Å². The molecule has 2 aromatic carbocycles. The van der Waals surface area contributed by atoms with Crippen LogP contribution in [0.25, 0.3) is 11.3 Å². The maximum atomic E-state index is 13.5. The molecule has 1 aliphatic rings. The van der Waals surface area contributed by atoms with Crippen LogP contribution >= 0.6 is 0 Å². The van der Waals surface area contributed by atoms with Crippen LogP contribution in [-0.4, -0.2) is 16.4 Å². The smallest absolute Gasteiger partial charge is 0.209 e. The lowest BCUT2D eigenvalue weighted by atomic mass is 10.0. The summed E-state index contributed by atoms with van der Waals surface area (Å²) < 4.78 is 19.4. The van der Waals surface area contributed by atoms with Crippen LogP contribution in [0.3, 0.4) is 0 Å². The van der Waals surface area contributed by atoms with E-state index < -0.39 is 0 Å². The van der Waals surface area contributed by atoms with Gasteiger partial charge in [-0.2, -0.15) is 0 Å². The van der Waals surface area contributed by atoms with Gasteiger partial charge in [0.2, 0.25) is 5.89 Å². The number of halogens is 1. The van der Waals surface area contributed by atoms with Crippen molar-refractivity contribution in [2.75, 3.05) is 6.54 Å². The summed E-state index contributed by atoms with van der Waals surface area (Å²) in [5, 5.41) is 0. The predicted octanol–water partition coefficient (Wildman–Crippen LogP) is 4.82. The first-order chi connectivity index (χ1) is 11.8. The summed E-state index contributed by atoms with van der Waals surface area (Å²) in [5.41, 5.74) is 2.06. The van der Waals surface area contributed by atoms with Gasteiger partial charge in [0.1, 0.15) is 5.82 Å². The lowest BCUT2D eigenvalue weighted by molar-refractivity contribution is 0.224. The van der Waals surface area contributed by atoms with Crippen molar-refractivity contribution in [3.63, 3.8) is 0 Å². The fourth-order valence-electron chi connectivity index (χ4n) is 3.40. The fraction of sp³-hybridized carbons (Fsp3) is 0.250. The quantitative estimate of drug-likeness (QED) is 0.690. The average Bonchev–Trinajstić information content (AvgIpc) is 3.26. The van der Waals surface area contributed by atoms with E-state index in [1.807, 2.05) is 36.4 Å². The summed E-state index contributed by atoms with van der Waals surface area (Å²) in [5.74, 6) is 1.31. The average molecular weight is 322 g/mol. The molecule has 1 aliphatic heterocycles. The van der Waals surface area contributed by atoms with Crippen LogP contribution in [0.15, 0.2) is 65.2 Å². The van der Waals surface area contributed by atoms with E-state index in [1.54, 1.807) is 18.3 Å². The SMILES string of the molecule is Fc1cccc(C2CCCN2Cc2ncc(-c3ccccc3)o2)c1. The molecule has 0 spiro atoms. The Morgan fingerprint density at radius 2 is 2.00 bits per heavy atom. The fourth-order valence-corrected chi connectivity index (χ4v) is 3.40. The Kier molecular flexibility index (Phi) is 4.13. The molecule has 0 N–H and O–H groups in total. The molecule has 0 radical (unpaired) electrons. The molecule has 1 atom stereocenters. The zero-order valence-electron chi connectivity index (χ0n) is 13.4. The third-order valence-corrected chi connectivity index (χ3v) is 4.55. The molecule has 0 bridgehead atoms. The van der Waals surface area contributed by atoms with Crippen LogP contribution in [0, 0.1) is 5.82 Å². The number of rotatable bonds is 4. The van der Waals surface area contributed by atoms with Crippen molar-refractivity contribution in [2.45, 2.75) is 25.4 Å². The maximum absolute atomic E-state index is 13.5. The second kappa shape index (κ2) is 6.57. The highest BCUT2D eigenvalue weighted by Gasteiger charge is 2.27. The van der Waals surface area contributed by atoms with E-state index in [4.69, 9.17) is 4.42 Å². The van der Waals surface area contributed by atoms with Crippen molar-refractivity contribution in [3.05, 3.63) is 78.1 Å². The van der Waals surface area contributed by atoms with Crippen molar-refractivity contribution < 1.29 is 8.81 Å². The van der Waals surface area contributed by atoms with E-state index in [9.17, 15) is 4.39 Å². The number of nitrogens with zero attached hydrogens (tertiary/aromatic N) is 2. The van der Waals surface area contributed by atoms with Gasteiger partial charge in [-0.15, -0.1) is 0 Å². The van der Waals surface area contributed by atoms with Crippen molar-refractivity contribution in [3.8, 4) is 11.3 Å². The van der Waals surface area contributed by atoms with Gasteiger partial charge in [-0.25, -0.2) is 9.37 Å². The molecular formula is C20H19FN2O. The first kappa shape index (κ1) is 15.1. The maximum Gasteiger partial charge on any atom is 0.209 e. The standard InChI is InChI=1S/C20H19FN2O/c21-17-9-4-8-16(12-17)18-10-5-11-23(18)14-20-22-13-19(24-20)15-6-2-1-3-7-15/h1-4,6-9,12-13,18H,5,10-11,14H2. The molecule has 3 nitrogen and oxygen atoms in total. The highest BCUT2D eigenvalue weighted by Crippen LogP contribution is 2.33. The van der Waals surface area contributed by atoms with E-state index in [0.29, 0.717) is 12.4 Å². The molecule has 1 fully saturated rings. The van der Waals surface area contributed by atoms with Gasteiger partial charge in [-0.1, -0.05) is 42.5 Å². The minimum atomic E-state index is -0.179. The third-order valence-electron chi connectivity index (χ3n) is 4.55. The topological polar surface area (TPSA) is 29.3 Å². The summed E-state index contributed by atoms with van der Waals surface area (Å²) >= 11 is 0. The molecular weight excluding hydrogens is 303 g/mol. The largest absolute Gasteiger partial charge is 0.439 e. The van der Waals surface area contributed by atoms with Crippen LogP contribution in [0.2, 0.25) is 0 Å². The minimum Gasteiger partial charge on any atom is -0.439 e. The zero-order valence-corrected chi connectivity index (χ0v) is 13.4. The summed E-state index contributed by atoms with van der Waals surface area (Å²) in [6.45, 7) is 1.62. The number of oxazole rings is 1. The van der Waals surface area contributed by atoms with E-state index in [0.717, 1.165) is 36.3 Å². The summed E-state index contributed by atoms with van der Waals surface area (Å²) in [6, 6.07) is 17.1. The van der Waals surface area contributed by atoms with Gasteiger partial charge in [0.25, 0.3) is 0 Å². The van der Waals surface area contributed by atoms with E-state index in [1.165, 1.54) is 6.07 Å². The Hall–Kier alpha value is -2.46. The van der Waals surface area contributed by atoms with Crippen LogP contribution in [0.1, 0.15) is 30.3 Å². The third kappa shape index (κ3) is 3.10. The lowest BCUT2D eigenvalue weighted by Gasteiger charge is -2.23. The Morgan fingerprint density at radius 3 is 2.83 bits per heavy atom. The van der Waals surface area contributed by atoms with Gasteiger partial charge in [0.15, 0.2) is 5.76 Å². The number of likely N-dealkylation sites (tertiary alicyclic amines) is 1. The molecule has 2 heterocycles. The summed E-state index contributed by atoms with van der Waals surface area (Å²) in [4.78, 5) is 6.73. The molecule has 1 saturated heterocycles. The van der Waals surface area contributed by atoms with Gasteiger partial charge in [-0.05, 0) is 37.1 Å². The first-order valence-electron chi connectivity index (χ1n) is 8.29. The molecule has 0 amide bonds. The second-order valence-electron chi connectivity index (χ2n) is 6.17. The molecule has 4 rings (SSSR count). The Labute approximate surface area is 140 Å². The van der Waals surface area contributed by atoms with E-state index in [2.05, 4.69) is 9.88 Å². The monoisotopic (exact) mass is 322 g/mol. The summed E-state index contributed by atoms with van der Waals surface area (Å²) in [6.07, 6.45) is 3.92. The van der Waals surface area contributed by atoms with Crippen molar-refractivity contribution in [1.82, 2.24) is 9.88 Å². The molecule has 0 saturated carbocycles. The Bertz CT molecular complexity index is 815. The molecule has 3 aromatic rings. The summed E-state index contributed by atoms with van der Waals surface area (Å²) in [7, 11) is 0. The molecule has 24 heavy (non-hydrogen) atoms. The highest BCUT2D eigenvalue weighted by molar-refractivity contribution is 5.55. The lowest BCUT2D eigenvalue weighted by Crippen LogP contribution is -2.23. The first-order valence-corrected chi connectivity index (χ1v) is 8.29. The predicted molar refractivity (Wildman–Crippen MR) is 90.7 cm³/mol. The van der Waals surface area contributed by atoms with Gasteiger partial charge >= 0.3 is 0 Å². The van der Waals surface area contributed by atoms with Gasteiger partial charge in [0.05, 0.1) is 12.7 Å². The van der Waals surface area contributed by atoms with Crippen molar-refractivity contribution in [2.24, 2.45) is 0 Å². The van der Waals surface area contributed by atoms with Gasteiger partial charge < -0.3 is 4.42 Å². The molecule has 122 valence electrons. The van der Waals surface area contributed by atoms with Crippen molar-refractivity contribution in [1.29, 1.82) is 0 Å². The second-order valence-corrected chi connectivity index (χ2v) is 6.17.